The van der Waals surface area contributed by atoms with Gasteiger partial charge in [0.25, 0.3) is 5.69 Å². The van der Waals surface area contributed by atoms with Gasteiger partial charge in [-0.3, -0.25) is 19.8 Å². The van der Waals surface area contributed by atoms with E-state index in [2.05, 4.69) is 39.4 Å². The number of piperazine rings is 1. The molecule has 3 rings (SSSR count). The van der Waals surface area contributed by atoms with Crippen LogP contribution in [-0.2, 0) is 17.9 Å². The first-order valence-electron chi connectivity index (χ1n) is 10.7. The van der Waals surface area contributed by atoms with Crippen molar-refractivity contribution in [3.63, 3.8) is 0 Å². The van der Waals surface area contributed by atoms with E-state index >= 15 is 0 Å². The van der Waals surface area contributed by atoms with E-state index in [1.165, 1.54) is 17.7 Å². The van der Waals surface area contributed by atoms with Gasteiger partial charge >= 0.3 is 0 Å². The van der Waals surface area contributed by atoms with Gasteiger partial charge in [-0.25, -0.2) is 4.99 Å². The smallest absolute Gasteiger partial charge is 0.269 e. The number of aliphatic imine (C=N–C) groups is 1. The van der Waals surface area contributed by atoms with Crippen LogP contribution in [0.1, 0.15) is 11.1 Å². The molecular weight excluding hydrogens is 535 g/mol. The van der Waals surface area contributed by atoms with E-state index in [1.54, 1.807) is 31.1 Å². The van der Waals surface area contributed by atoms with Gasteiger partial charge < -0.3 is 15.1 Å². The molecule has 1 saturated heterocycles. The van der Waals surface area contributed by atoms with Gasteiger partial charge in [0.1, 0.15) is 0 Å². The molecule has 1 N–H and O–H groups in total. The second-order valence-corrected chi connectivity index (χ2v) is 7.95. The van der Waals surface area contributed by atoms with Crippen LogP contribution in [0.5, 0.6) is 0 Å². The number of hydrogen-bond acceptors (Lipinski definition) is 5. The van der Waals surface area contributed by atoms with Crippen LogP contribution >= 0.6 is 24.0 Å². The molecule has 33 heavy (non-hydrogen) atoms. The van der Waals surface area contributed by atoms with Crippen molar-refractivity contribution in [3.05, 3.63) is 75.8 Å². The third-order valence-corrected chi connectivity index (χ3v) is 5.38. The fourth-order valence-corrected chi connectivity index (χ4v) is 3.43. The van der Waals surface area contributed by atoms with Crippen LogP contribution in [0.4, 0.5) is 5.69 Å². The van der Waals surface area contributed by atoms with Crippen molar-refractivity contribution in [2.45, 2.75) is 13.1 Å². The first-order chi connectivity index (χ1) is 15.4. The maximum absolute atomic E-state index is 12.1. The maximum Gasteiger partial charge on any atom is 0.269 e. The van der Waals surface area contributed by atoms with E-state index in [9.17, 15) is 14.9 Å². The summed E-state index contributed by atoms with van der Waals surface area (Å²) in [4.78, 5) is 33.3. The van der Waals surface area contributed by atoms with E-state index < -0.39 is 4.92 Å². The highest BCUT2D eigenvalue weighted by molar-refractivity contribution is 14.0. The van der Waals surface area contributed by atoms with E-state index in [1.807, 2.05) is 6.07 Å². The highest BCUT2D eigenvalue weighted by Crippen LogP contribution is 2.13. The number of carbonyl (C=O) groups is 1. The molecule has 10 heteroatoms. The molecule has 0 spiro atoms. The first kappa shape index (κ1) is 26.5. The summed E-state index contributed by atoms with van der Waals surface area (Å²) in [7, 11) is 3.44. The van der Waals surface area contributed by atoms with Crippen LogP contribution in [0.3, 0.4) is 0 Å². The van der Waals surface area contributed by atoms with Crippen molar-refractivity contribution in [2.75, 3.05) is 46.8 Å². The van der Waals surface area contributed by atoms with E-state index in [-0.39, 0.29) is 42.1 Å². The van der Waals surface area contributed by atoms with E-state index in [0.29, 0.717) is 12.5 Å². The van der Waals surface area contributed by atoms with Crippen LogP contribution in [-0.4, -0.2) is 78.3 Å². The number of rotatable bonds is 7. The van der Waals surface area contributed by atoms with Gasteiger partial charge in [0, 0.05) is 59.0 Å². The summed E-state index contributed by atoms with van der Waals surface area (Å²) in [5.41, 5.74) is 2.22. The molecule has 0 unspecified atom stereocenters. The molecule has 1 amide bonds. The van der Waals surface area contributed by atoms with Crippen molar-refractivity contribution in [1.29, 1.82) is 0 Å². The Kier molecular flexibility index (Phi) is 10.5. The fourth-order valence-electron chi connectivity index (χ4n) is 3.43. The predicted molar refractivity (Wildman–Crippen MR) is 140 cm³/mol. The number of non-ortho nitro benzene ring substituents is 1. The van der Waals surface area contributed by atoms with Crippen molar-refractivity contribution in [2.24, 2.45) is 4.99 Å². The SMILES string of the molecule is CN(C)C(=O)CNC(=NCc1ccc([N+](=O)[O-])cc1)N1CCN(Cc2ccccc2)CC1.I. The third kappa shape index (κ3) is 8.28. The zero-order chi connectivity index (χ0) is 22.9. The van der Waals surface area contributed by atoms with Gasteiger partial charge in [0.15, 0.2) is 5.96 Å². The molecular formula is C23H31IN6O3. The topological polar surface area (TPSA) is 94.3 Å². The number of nitro benzene ring substituents is 1. The van der Waals surface area contributed by atoms with Gasteiger partial charge in [-0.05, 0) is 11.1 Å². The fraction of sp³-hybridized carbons (Fsp3) is 0.391. The summed E-state index contributed by atoms with van der Waals surface area (Å²) in [6, 6.07) is 16.8. The van der Waals surface area contributed by atoms with Crippen LogP contribution < -0.4 is 5.32 Å². The van der Waals surface area contributed by atoms with Gasteiger partial charge in [-0.2, -0.15) is 0 Å². The molecule has 0 bridgehead atoms. The predicted octanol–water partition coefficient (Wildman–Crippen LogP) is 2.56. The minimum Gasteiger partial charge on any atom is -0.347 e. The average molecular weight is 566 g/mol. The number of guanidine groups is 1. The summed E-state index contributed by atoms with van der Waals surface area (Å²) in [5.74, 6) is 0.647. The lowest BCUT2D eigenvalue weighted by atomic mass is 10.2. The maximum atomic E-state index is 12.1. The second kappa shape index (κ2) is 13.1. The normalized spacial score (nSPS) is 14.4. The number of hydrogen-bond donors (Lipinski definition) is 1. The summed E-state index contributed by atoms with van der Waals surface area (Å²) in [5, 5.41) is 14.0. The molecule has 0 atom stereocenters. The molecule has 0 aromatic heterocycles. The minimum atomic E-state index is -0.415. The lowest BCUT2D eigenvalue weighted by molar-refractivity contribution is -0.384. The van der Waals surface area contributed by atoms with Gasteiger partial charge in [-0.1, -0.05) is 42.5 Å². The van der Waals surface area contributed by atoms with Crippen LogP contribution in [0, 0.1) is 10.1 Å². The summed E-state index contributed by atoms with van der Waals surface area (Å²) < 4.78 is 0. The number of halogens is 1. The Labute approximate surface area is 211 Å². The molecule has 1 aliphatic heterocycles. The quantitative estimate of drug-likeness (QED) is 0.182. The summed E-state index contributed by atoms with van der Waals surface area (Å²) >= 11 is 0. The molecule has 2 aromatic rings. The van der Waals surface area contributed by atoms with Gasteiger partial charge in [0.05, 0.1) is 18.0 Å². The Morgan fingerprint density at radius 1 is 1.03 bits per heavy atom. The first-order valence-corrected chi connectivity index (χ1v) is 10.7. The van der Waals surface area contributed by atoms with Crippen molar-refractivity contribution < 1.29 is 9.72 Å². The van der Waals surface area contributed by atoms with Crippen molar-refractivity contribution in [3.8, 4) is 0 Å². The van der Waals surface area contributed by atoms with Crippen molar-refractivity contribution in [1.82, 2.24) is 20.0 Å². The molecule has 0 radical (unpaired) electrons. The highest BCUT2D eigenvalue weighted by atomic mass is 127. The Bertz CT molecular complexity index is 929. The van der Waals surface area contributed by atoms with Crippen molar-refractivity contribution >= 4 is 41.5 Å². The van der Waals surface area contributed by atoms with Gasteiger partial charge in [-0.15, -0.1) is 24.0 Å². The lowest BCUT2D eigenvalue weighted by Gasteiger charge is -2.36. The molecule has 1 fully saturated rings. The summed E-state index contributed by atoms with van der Waals surface area (Å²) in [6.07, 6.45) is 0. The molecule has 0 saturated carbocycles. The van der Waals surface area contributed by atoms with Gasteiger partial charge in [0.2, 0.25) is 5.91 Å². The van der Waals surface area contributed by atoms with Crippen LogP contribution in [0.15, 0.2) is 59.6 Å². The lowest BCUT2D eigenvalue weighted by Crippen LogP contribution is -2.53. The zero-order valence-corrected chi connectivity index (χ0v) is 21.3. The largest absolute Gasteiger partial charge is 0.347 e. The number of nitrogens with zero attached hydrogens (tertiary/aromatic N) is 5. The third-order valence-electron chi connectivity index (χ3n) is 5.38. The Morgan fingerprint density at radius 3 is 2.24 bits per heavy atom. The minimum absolute atomic E-state index is 0. The number of benzene rings is 2. The molecule has 2 aromatic carbocycles. The number of amides is 1. The number of likely N-dealkylation sites (N-methyl/N-ethyl adjacent to an activating group) is 1. The zero-order valence-electron chi connectivity index (χ0n) is 19.0. The summed E-state index contributed by atoms with van der Waals surface area (Å²) in [6.45, 7) is 4.85. The Morgan fingerprint density at radius 2 is 1.67 bits per heavy atom. The number of carbonyl (C=O) groups excluding carboxylic acids is 1. The number of nitrogens with one attached hydrogen (secondary N) is 1. The molecule has 1 heterocycles. The second-order valence-electron chi connectivity index (χ2n) is 7.95. The molecule has 178 valence electrons. The Balaban J connectivity index is 0.00000385. The standard InChI is InChI=1S/C23H30N6O3.HI/c1-26(2)22(30)17-25-23(24-16-19-8-10-21(11-9-19)29(31)32)28-14-12-27(13-15-28)18-20-6-4-3-5-7-20;/h3-11H,12-18H2,1-2H3,(H,24,25);1H. The molecule has 1 aliphatic rings. The van der Waals surface area contributed by atoms with Crippen LogP contribution in [0.2, 0.25) is 0 Å². The van der Waals surface area contributed by atoms with E-state index in [4.69, 9.17) is 4.99 Å². The average Bonchev–Trinajstić information content (AvgIpc) is 2.80. The van der Waals surface area contributed by atoms with E-state index in [0.717, 1.165) is 38.3 Å². The molecule has 9 nitrogen and oxygen atoms in total. The van der Waals surface area contributed by atoms with Crippen LogP contribution in [0.25, 0.3) is 0 Å². The monoisotopic (exact) mass is 566 g/mol. The number of nitro groups is 1. The molecule has 0 aliphatic carbocycles. The highest BCUT2D eigenvalue weighted by Gasteiger charge is 2.20. The Hall–Kier alpha value is -2.73.